The van der Waals surface area contributed by atoms with Gasteiger partial charge in [0.1, 0.15) is 17.0 Å². The molecule has 0 atom stereocenters. The van der Waals surface area contributed by atoms with Crippen LogP contribution in [0.3, 0.4) is 0 Å². The van der Waals surface area contributed by atoms with Gasteiger partial charge in [0.05, 0.1) is 23.2 Å². The Kier molecular flexibility index (Phi) is 4.28. The van der Waals surface area contributed by atoms with Gasteiger partial charge in [-0.05, 0) is 24.6 Å². The Morgan fingerprint density at radius 1 is 1.07 bits per heavy atom. The van der Waals surface area contributed by atoms with Crippen molar-refractivity contribution in [1.29, 1.82) is 0 Å². The summed E-state index contributed by atoms with van der Waals surface area (Å²) in [7, 11) is 0. The molecule has 2 aromatic heterocycles. The first-order chi connectivity index (χ1) is 14.1. The number of aromatic amines is 1. The highest BCUT2D eigenvalue weighted by Gasteiger charge is 2.23. The van der Waals surface area contributed by atoms with Crippen LogP contribution in [0.2, 0.25) is 0 Å². The van der Waals surface area contributed by atoms with E-state index in [1.165, 1.54) is 16.9 Å². The Labute approximate surface area is 164 Å². The standard InChI is InChI=1S/C21H18F2N4O2/c22-16-11-14-18-15(21(28)27(25-18)13-5-2-1-3-6-13)12-24-19(14)17(23)20(16)26-7-4-9-29-10-8-26/h1-3,5-6,11-12,25H,4,7-10H2. The zero-order chi connectivity index (χ0) is 20.0. The number of hydrogen-bond donors (Lipinski definition) is 1. The van der Waals surface area contributed by atoms with Crippen molar-refractivity contribution >= 4 is 27.5 Å². The number of nitrogens with zero attached hydrogens (tertiary/aromatic N) is 3. The molecule has 1 fully saturated rings. The van der Waals surface area contributed by atoms with Crippen LogP contribution in [0, 0.1) is 11.6 Å². The van der Waals surface area contributed by atoms with Gasteiger partial charge in [0, 0.05) is 31.3 Å². The van der Waals surface area contributed by atoms with Crippen molar-refractivity contribution in [2.24, 2.45) is 0 Å². The highest BCUT2D eigenvalue weighted by molar-refractivity contribution is 6.04. The third-order valence-corrected chi connectivity index (χ3v) is 5.24. The summed E-state index contributed by atoms with van der Waals surface area (Å²) in [6.07, 6.45) is 2.03. The van der Waals surface area contributed by atoms with Crippen LogP contribution in [0.5, 0.6) is 0 Å². The number of fused-ring (bicyclic) bond motifs is 3. The number of rotatable bonds is 2. The summed E-state index contributed by atoms with van der Waals surface area (Å²) in [5, 5.41) is 3.49. The summed E-state index contributed by atoms with van der Waals surface area (Å²) in [5.41, 5.74) is 0.590. The van der Waals surface area contributed by atoms with Crippen molar-refractivity contribution in [2.45, 2.75) is 6.42 Å². The molecule has 0 saturated carbocycles. The van der Waals surface area contributed by atoms with E-state index in [2.05, 4.69) is 10.1 Å². The highest BCUT2D eigenvalue weighted by Crippen LogP contribution is 2.32. The number of hydrogen-bond acceptors (Lipinski definition) is 4. The second kappa shape index (κ2) is 6.97. The van der Waals surface area contributed by atoms with Crippen LogP contribution in [0.4, 0.5) is 14.5 Å². The van der Waals surface area contributed by atoms with Gasteiger partial charge in [-0.25, -0.2) is 13.5 Å². The summed E-state index contributed by atoms with van der Waals surface area (Å²) < 4.78 is 37.1. The quantitative estimate of drug-likeness (QED) is 0.564. The molecule has 29 heavy (non-hydrogen) atoms. The largest absolute Gasteiger partial charge is 0.380 e. The Balaban J connectivity index is 1.73. The summed E-state index contributed by atoms with van der Waals surface area (Å²) in [4.78, 5) is 18.6. The lowest BCUT2D eigenvalue weighted by Crippen LogP contribution is -2.28. The average molecular weight is 396 g/mol. The number of ether oxygens (including phenoxy) is 1. The van der Waals surface area contributed by atoms with Crippen LogP contribution in [0.15, 0.2) is 47.4 Å². The number of benzene rings is 2. The van der Waals surface area contributed by atoms with Crippen molar-refractivity contribution in [3.63, 3.8) is 0 Å². The SMILES string of the molecule is O=c1c2cnc3c(F)c(N4CCCOCC4)c(F)cc3c2[nH]n1-c1ccccc1. The molecule has 148 valence electrons. The zero-order valence-electron chi connectivity index (χ0n) is 15.5. The van der Waals surface area contributed by atoms with E-state index in [4.69, 9.17) is 4.74 Å². The molecule has 1 aliphatic heterocycles. The Hall–Kier alpha value is -3.26. The van der Waals surface area contributed by atoms with E-state index in [1.54, 1.807) is 29.2 Å². The molecule has 0 unspecified atom stereocenters. The third kappa shape index (κ3) is 2.87. The molecule has 8 heteroatoms. The van der Waals surface area contributed by atoms with Crippen LogP contribution in [0.25, 0.3) is 27.5 Å². The monoisotopic (exact) mass is 396 g/mol. The van der Waals surface area contributed by atoms with E-state index in [1.807, 2.05) is 6.07 Å². The van der Waals surface area contributed by atoms with Crippen LogP contribution in [-0.4, -0.2) is 41.1 Å². The maximum atomic E-state index is 15.3. The smallest absolute Gasteiger partial charge is 0.280 e. The number of nitrogens with one attached hydrogen (secondary N) is 1. The van der Waals surface area contributed by atoms with Gasteiger partial charge in [0.25, 0.3) is 5.56 Å². The molecule has 1 N–H and O–H groups in total. The van der Waals surface area contributed by atoms with Gasteiger partial charge in [-0.3, -0.25) is 14.9 Å². The molecule has 0 radical (unpaired) electrons. The number of para-hydroxylation sites is 1. The first-order valence-electron chi connectivity index (χ1n) is 9.44. The normalized spacial score (nSPS) is 15.2. The molecular weight excluding hydrogens is 378 g/mol. The van der Waals surface area contributed by atoms with Crippen LogP contribution >= 0.6 is 0 Å². The zero-order valence-corrected chi connectivity index (χ0v) is 15.5. The number of anilines is 1. The minimum Gasteiger partial charge on any atom is -0.380 e. The van der Waals surface area contributed by atoms with E-state index >= 15 is 8.78 Å². The minimum absolute atomic E-state index is 0.0283. The summed E-state index contributed by atoms with van der Waals surface area (Å²) in [6.45, 7) is 1.89. The molecule has 2 aromatic carbocycles. The van der Waals surface area contributed by atoms with Crippen LogP contribution in [0.1, 0.15) is 6.42 Å². The van der Waals surface area contributed by atoms with E-state index in [0.717, 1.165) is 0 Å². The Bertz CT molecular complexity index is 1260. The predicted octanol–water partition coefficient (Wildman–Crippen LogP) is 3.37. The number of pyridine rings is 1. The first-order valence-corrected chi connectivity index (χ1v) is 9.44. The Morgan fingerprint density at radius 3 is 2.72 bits per heavy atom. The molecule has 0 bridgehead atoms. The van der Waals surface area contributed by atoms with Gasteiger partial charge < -0.3 is 9.64 Å². The third-order valence-electron chi connectivity index (χ3n) is 5.24. The fraction of sp³-hybridized carbons (Fsp3) is 0.238. The summed E-state index contributed by atoms with van der Waals surface area (Å²) in [5.74, 6) is -1.41. The maximum absolute atomic E-state index is 15.3. The maximum Gasteiger partial charge on any atom is 0.280 e. The number of H-pyrrole nitrogens is 1. The van der Waals surface area contributed by atoms with E-state index in [-0.39, 0.29) is 27.5 Å². The van der Waals surface area contributed by atoms with Gasteiger partial charge in [-0.2, -0.15) is 0 Å². The van der Waals surface area contributed by atoms with Gasteiger partial charge in [-0.15, -0.1) is 0 Å². The second-order valence-electron chi connectivity index (χ2n) is 7.00. The topological polar surface area (TPSA) is 63.2 Å². The molecule has 5 rings (SSSR count). The van der Waals surface area contributed by atoms with Crippen molar-refractivity contribution in [1.82, 2.24) is 14.8 Å². The molecule has 0 aliphatic carbocycles. The molecular formula is C21H18F2N4O2. The lowest BCUT2D eigenvalue weighted by atomic mass is 10.1. The first kappa shape index (κ1) is 17.8. The number of aromatic nitrogens is 3. The van der Waals surface area contributed by atoms with Gasteiger partial charge in [0.2, 0.25) is 0 Å². The molecule has 3 heterocycles. The molecule has 6 nitrogen and oxygen atoms in total. The van der Waals surface area contributed by atoms with Gasteiger partial charge >= 0.3 is 0 Å². The molecule has 0 spiro atoms. The molecule has 1 aliphatic rings. The van der Waals surface area contributed by atoms with Gasteiger partial charge in [-0.1, -0.05) is 18.2 Å². The van der Waals surface area contributed by atoms with Crippen LogP contribution < -0.4 is 10.5 Å². The predicted molar refractivity (Wildman–Crippen MR) is 107 cm³/mol. The van der Waals surface area contributed by atoms with Crippen LogP contribution in [-0.2, 0) is 4.74 Å². The number of halogens is 2. The molecule has 0 amide bonds. The average Bonchev–Trinajstić information content (AvgIpc) is 2.90. The lowest BCUT2D eigenvalue weighted by molar-refractivity contribution is 0.152. The summed E-state index contributed by atoms with van der Waals surface area (Å²) in [6, 6.07) is 10.2. The fourth-order valence-corrected chi connectivity index (χ4v) is 3.84. The van der Waals surface area contributed by atoms with Gasteiger partial charge in [0.15, 0.2) is 5.82 Å². The van der Waals surface area contributed by atoms with E-state index < -0.39 is 11.6 Å². The molecule has 4 aromatic rings. The minimum atomic E-state index is -0.725. The van der Waals surface area contributed by atoms with Crippen molar-refractivity contribution in [3.05, 3.63) is 64.6 Å². The van der Waals surface area contributed by atoms with Crippen molar-refractivity contribution in [3.8, 4) is 5.69 Å². The van der Waals surface area contributed by atoms with Crippen molar-refractivity contribution < 1.29 is 13.5 Å². The van der Waals surface area contributed by atoms with Crippen molar-refractivity contribution in [2.75, 3.05) is 31.2 Å². The van der Waals surface area contributed by atoms with E-state index in [9.17, 15) is 4.79 Å². The second-order valence-corrected chi connectivity index (χ2v) is 7.00. The lowest BCUT2D eigenvalue weighted by Gasteiger charge is -2.23. The Morgan fingerprint density at radius 2 is 1.90 bits per heavy atom. The molecule has 1 saturated heterocycles. The highest BCUT2D eigenvalue weighted by atomic mass is 19.1. The fourth-order valence-electron chi connectivity index (χ4n) is 3.84. The summed E-state index contributed by atoms with van der Waals surface area (Å²) >= 11 is 0. The van der Waals surface area contributed by atoms with E-state index in [0.29, 0.717) is 43.9 Å².